The van der Waals surface area contributed by atoms with E-state index in [-0.39, 0.29) is 24.4 Å². The summed E-state index contributed by atoms with van der Waals surface area (Å²) in [4.78, 5) is 25.7. The maximum Gasteiger partial charge on any atom is 0.231 e. The standard InChI is InChI=1S/C17H23N3O3/c18-14(22)11-20-8-6-17(7-9-20)10-13(21)15(19-16(17)23)12-4-2-1-3-5-12/h1-5,13,15,21H,6-11H2,(H2,18,22)(H,19,23)/t13-,15+/m1/s1. The molecule has 0 aliphatic carbocycles. The molecule has 1 aromatic rings. The molecule has 1 spiro atoms. The van der Waals surface area contributed by atoms with Crippen LogP contribution < -0.4 is 11.1 Å². The summed E-state index contributed by atoms with van der Waals surface area (Å²) in [5.74, 6) is -0.339. The minimum Gasteiger partial charge on any atom is -0.391 e. The van der Waals surface area contributed by atoms with Gasteiger partial charge in [0, 0.05) is 0 Å². The monoisotopic (exact) mass is 317 g/mol. The highest BCUT2D eigenvalue weighted by Gasteiger charge is 2.48. The molecular weight excluding hydrogens is 294 g/mol. The SMILES string of the molecule is NC(=O)CN1CCC2(CC1)C[C@@H](O)[C@H](c1ccccc1)NC2=O. The van der Waals surface area contributed by atoms with Crippen LogP contribution in [0.15, 0.2) is 30.3 Å². The van der Waals surface area contributed by atoms with Crippen LogP contribution in [0.5, 0.6) is 0 Å². The van der Waals surface area contributed by atoms with Gasteiger partial charge in [-0.2, -0.15) is 0 Å². The Bertz CT molecular complexity index is 582. The number of aliphatic hydroxyl groups excluding tert-OH is 1. The third kappa shape index (κ3) is 3.23. The van der Waals surface area contributed by atoms with Crippen molar-refractivity contribution in [2.45, 2.75) is 31.4 Å². The fraction of sp³-hybridized carbons (Fsp3) is 0.529. The van der Waals surface area contributed by atoms with Crippen LogP contribution >= 0.6 is 0 Å². The highest BCUT2D eigenvalue weighted by atomic mass is 16.3. The number of rotatable bonds is 3. The molecule has 6 heteroatoms. The number of carbonyl (C=O) groups is 2. The van der Waals surface area contributed by atoms with E-state index in [0.717, 1.165) is 5.56 Å². The molecule has 0 aromatic heterocycles. The predicted molar refractivity (Wildman–Crippen MR) is 85.3 cm³/mol. The molecule has 2 aliphatic heterocycles. The van der Waals surface area contributed by atoms with E-state index in [4.69, 9.17) is 5.73 Å². The molecule has 124 valence electrons. The van der Waals surface area contributed by atoms with Crippen LogP contribution in [0.1, 0.15) is 30.9 Å². The number of nitrogens with two attached hydrogens (primary N) is 1. The Morgan fingerprint density at radius 1 is 1.30 bits per heavy atom. The van der Waals surface area contributed by atoms with Crippen molar-refractivity contribution in [3.05, 3.63) is 35.9 Å². The predicted octanol–water partition coefficient (Wildman–Crippen LogP) is 0.176. The van der Waals surface area contributed by atoms with Gasteiger partial charge in [-0.3, -0.25) is 14.5 Å². The Morgan fingerprint density at radius 2 is 1.96 bits per heavy atom. The van der Waals surface area contributed by atoms with Crippen molar-refractivity contribution >= 4 is 11.8 Å². The Kier molecular flexibility index (Phi) is 4.37. The molecule has 2 fully saturated rings. The second kappa shape index (κ2) is 6.29. The van der Waals surface area contributed by atoms with Crippen molar-refractivity contribution in [1.29, 1.82) is 0 Å². The summed E-state index contributed by atoms with van der Waals surface area (Å²) >= 11 is 0. The zero-order valence-electron chi connectivity index (χ0n) is 13.1. The number of carbonyl (C=O) groups excluding carboxylic acids is 2. The first-order chi connectivity index (χ1) is 11.0. The van der Waals surface area contributed by atoms with Crippen molar-refractivity contribution < 1.29 is 14.7 Å². The molecule has 6 nitrogen and oxygen atoms in total. The van der Waals surface area contributed by atoms with E-state index in [2.05, 4.69) is 5.32 Å². The second-order valence-corrected chi connectivity index (χ2v) is 6.66. The number of amides is 2. The van der Waals surface area contributed by atoms with Crippen LogP contribution in [-0.4, -0.2) is 47.6 Å². The minimum atomic E-state index is -0.599. The van der Waals surface area contributed by atoms with E-state index in [1.54, 1.807) is 0 Å². The Hall–Kier alpha value is -1.92. The average molecular weight is 317 g/mol. The van der Waals surface area contributed by atoms with Crippen molar-refractivity contribution in [3.8, 4) is 0 Å². The topological polar surface area (TPSA) is 95.7 Å². The zero-order chi connectivity index (χ0) is 16.4. The molecule has 0 saturated carbocycles. The number of nitrogens with zero attached hydrogens (tertiary/aromatic N) is 1. The fourth-order valence-electron chi connectivity index (χ4n) is 3.76. The van der Waals surface area contributed by atoms with Gasteiger partial charge in [0.1, 0.15) is 0 Å². The fourth-order valence-corrected chi connectivity index (χ4v) is 3.76. The maximum absolute atomic E-state index is 12.7. The van der Waals surface area contributed by atoms with Gasteiger partial charge in [-0.05, 0) is 37.9 Å². The number of nitrogens with one attached hydrogen (secondary N) is 1. The molecule has 23 heavy (non-hydrogen) atoms. The van der Waals surface area contributed by atoms with Crippen molar-refractivity contribution in [1.82, 2.24) is 10.2 Å². The molecule has 0 radical (unpaired) electrons. The lowest BCUT2D eigenvalue weighted by molar-refractivity contribution is -0.144. The van der Waals surface area contributed by atoms with Gasteiger partial charge in [0.25, 0.3) is 0 Å². The smallest absolute Gasteiger partial charge is 0.231 e. The molecule has 2 aliphatic rings. The minimum absolute atomic E-state index is 0.00961. The molecule has 2 atom stereocenters. The highest BCUT2D eigenvalue weighted by Crippen LogP contribution is 2.42. The number of aliphatic hydroxyl groups is 1. The summed E-state index contributed by atoms with van der Waals surface area (Å²) in [5, 5.41) is 13.6. The molecular formula is C17H23N3O3. The van der Waals surface area contributed by atoms with Gasteiger partial charge in [0.05, 0.1) is 24.1 Å². The lowest BCUT2D eigenvalue weighted by Gasteiger charge is -2.46. The number of likely N-dealkylation sites (tertiary alicyclic amines) is 1. The Labute approximate surface area is 135 Å². The van der Waals surface area contributed by atoms with Crippen LogP contribution in [0, 0.1) is 5.41 Å². The molecule has 0 bridgehead atoms. The number of piperidine rings is 2. The summed E-state index contributed by atoms with van der Waals surface area (Å²) in [6.07, 6.45) is 1.15. The van der Waals surface area contributed by atoms with Crippen molar-refractivity contribution in [3.63, 3.8) is 0 Å². The Balaban J connectivity index is 1.68. The van der Waals surface area contributed by atoms with Crippen LogP contribution in [0.3, 0.4) is 0 Å². The van der Waals surface area contributed by atoms with Gasteiger partial charge in [0.2, 0.25) is 11.8 Å². The van der Waals surface area contributed by atoms with Gasteiger partial charge in [-0.15, -0.1) is 0 Å². The summed E-state index contributed by atoms with van der Waals surface area (Å²) in [6.45, 7) is 1.53. The molecule has 1 aromatic carbocycles. The van der Waals surface area contributed by atoms with E-state index < -0.39 is 11.5 Å². The van der Waals surface area contributed by atoms with Crippen LogP contribution in [0.4, 0.5) is 0 Å². The number of hydrogen-bond acceptors (Lipinski definition) is 4. The van der Waals surface area contributed by atoms with Gasteiger partial charge >= 0.3 is 0 Å². The van der Waals surface area contributed by atoms with Gasteiger partial charge < -0.3 is 16.2 Å². The highest BCUT2D eigenvalue weighted by molar-refractivity contribution is 5.84. The zero-order valence-corrected chi connectivity index (χ0v) is 13.1. The van der Waals surface area contributed by atoms with Crippen LogP contribution in [0.25, 0.3) is 0 Å². The number of primary amides is 1. The van der Waals surface area contributed by atoms with Crippen molar-refractivity contribution in [2.75, 3.05) is 19.6 Å². The summed E-state index contributed by atoms with van der Waals surface area (Å²) < 4.78 is 0. The van der Waals surface area contributed by atoms with Crippen molar-refractivity contribution in [2.24, 2.45) is 11.1 Å². The van der Waals surface area contributed by atoms with E-state index in [9.17, 15) is 14.7 Å². The lowest BCUT2D eigenvalue weighted by atomic mass is 9.69. The average Bonchev–Trinajstić information content (AvgIpc) is 2.53. The first-order valence-electron chi connectivity index (χ1n) is 8.05. The number of benzene rings is 1. The largest absolute Gasteiger partial charge is 0.391 e. The quantitative estimate of drug-likeness (QED) is 0.741. The maximum atomic E-state index is 12.7. The second-order valence-electron chi connectivity index (χ2n) is 6.66. The molecule has 0 unspecified atom stereocenters. The summed E-state index contributed by atoms with van der Waals surface area (Å²) in [5.41, 5.74) is 5.62. The third-order valence-electron chi connectivity index (χ3n) is 5.10. The van der Waals surface area contributed by atoms with Crippen LogP contribution in [0.2, 0.25) is 0 Å². The van der Waals surface area contributed by atoms with Gasteiger partial charge in [0.15, 0.2) is 0 Å². The Morgan fingerprint density at radius 3 is 2.57 bits per heavy atom. The normalized spacial score (nSPS) is 27.6. The number of hydrogen-bond donors (Lipinski definition) is 3. The molecule has 3 rings (SSSR count). The molecule has 2 heterocycles. The van der Waals surface area contributed by atoms with E-state index >= 15 is 0 Å². The first kappa shape index (κ1) is 16.0. The molecule has 2 saturated heterocycles. The van der Waals surface area contributed by atoms with E-state index in [0.29, 0.717) is 32.4 Å². The first-order valence-corrected chi connectivity index (χ1v) is 8.05. The summed E-state index contributed by atoms with van der Waals surface area (Å²) in [6, 6.07) is 9.21. The van der Waals surface area contributed by atoms with Gasteiger partial charge in [-0.1, -0.05) is 30.3 Å². The summed E-state index contributed by atoms with van der Waals surface area (Å²) in [7, 11) is 0. The van der Waals surface area contributed by atoms with E-state index in [1.165, 1.54) is 0 Å². The van der Waals surface area contributed by atoms with Crippen LogP contribution in [-0.2, 0) is 9.59 Å². The molecule has 4 N–H and O–H groups in total. The lowest BCUT2D eigenvalue weighted by Crippen LogP contribution is -2.57. The van der Waals surface area contributed by atoms with E-state index in [1.807, 2.05) is 35.2 Å². The van der Waals surface area contributed by atoms with Gasteiger partial charge in [-0.25, -0.2) is 0 Å². The third-order valence-corrected chi connectivity index (χ3v) is 5.10. The molecule has 2 amide bonds.